The average Bonchev–Trinajstić information content (AvgIpc) is 2.33. The first kappa shape index (κ1) is 19.7. The van der Waals surface area contributed by atoms with Crippen LogP contribution in [0.1, 0.15) is 48.0 Å². The average molecular weight is 300 g/mol. The summed E-state index contributed by atoms with van der Waals surface area (Å²) in [7, 11) is 3.34. The first-order valence-electron chi connectivity index (χ1n) is 7.33. The monoisotopic (exact) mass is 300 g/mol. The van der Waals surface area contributed by atoms with Crippen LogP contribution in [0.25, 0.3) is 0 Å². The first-order chi connectivity index (χ1) is 9.58. The van der Waals surface area contributed by atoms with Crippen LogP contribution in [0.2, 0.25) is 0 Å². The van der Waals surface area contributed by atoms with E-state index in [9.17, 15) is 0 Å². The second-order valence-corrected chi connectivity index (χ2v) is 6.17. The molecule has 0 aromatic carbocycles. The zero-order chi connectivity index (χ0) is 16.6. The molecule has 0 aliphatic heterocycles. The minimum absolute atomic E-state index is 0.0208. The molecular weight excluding hydrogens is 268 g/mol. The van der Waals surface area contributed by atoms with E-state index in [0.717, 1.165) is 6.42 Å². The van der Waals surface area contributed by atoms with Crippen molar-refractivity contribution in [1.82, 2.24) is 15.7 Å². The number of hydrogen-bond donors (Lipinski definition) is 3. The molecule has 0 bridgehead atoms. The number of aliphatic imine (C=N–C) groups is 2. The summed E-state index contributed by atoms with van der Waals surface area (Å²) >= 11 is 0. The van der Waals surface area contributed by atoms with Gasteiger partial charge >= 0.3 is 0 Å². The summed E-state index contributed by atoms with van der Waals surface area (Å²) in [5, 5.41) is 7.89. The lowest BCUT2D eigenvalue weighted by Gasteiger charge is -2.24. The Bertz CT molecular complexity index is 359. The van der Waals surface area contributed by atoms with Crippen LogP contribution in [-0.4, -0.2) is 48.9 Å². The van der Waals surface area contributed by atoms with Crippen LogP contribution in [0.15, 0.2) is 9.98 Å². The zero-order valence-corrected chi connectivity index (χ0v) is 14.7. The molecule has 0 aliphatic rings. The van der Waals surface area contributed by atoms with E-state index in [0.29, 0.717) is 18.0 Å². The van der Waals surface area contributed by atoms with Crippen LogP contribution >= 0.6 is 0 Å². The Balaban J connectivity index is 5.15. The molecule has 21 heavy (non-hydrogen) atoms. The molecule has 7 heteroatoms. The molecule has 0 aromatic heterocycles. The van der Waals surface area contributed by atoms with E-state index in [1.807, 2.05) is 20.8 Å². The Hall–Kier alpha value is -1.34. The Morgan fingerprint density at radius 3 is 2.29 bits per heavy atom. The van der Waals surface area contributed by atoms with Crippen molar-refractivity contribution in [2.24, 2.45) is 15.7 Å². The maximum absolute atomic E-state index is 5.93. The Morgan fingerprint density at radius 2 is 1.90 bits per heavy atom. The number of nitrogens with one attached hydrogen (secondary N) is 2. The molecular formula is C14H32N6O. The molecule has 0 heterocycles. The molecule has 0 aromatic rings. The highest BCUT2D eigenvalue weighted by atomic mass is 16.7. The van der Waals surface area contributed by atoms with Gasteiger partial charge in [-0.1, -0.05) is 6.92 Å². The van der Waals surface area contributed by atoms with Crippen molar-refractivity contribution in [1.29, 1.82) is 0 Å². The fourth-order valence-corrected chi connectivity index (χ4v) is 1.56. The molecule has 124 valence electrons. The van der Waals surface area contributed by atoms with Crippen LogP contribution in [-0.2, 0) is 4.84 Å². The van der Waals surface area contributed by atoms with Crippen LogP contribution in [0.3, 0.4) is 0 Å². The number of nitrogens with zero attached hydrogens (tertiary/aromatic N) is 3. The standard InChI is InChI=1S/C14H32N6O/c1-9-11(16-10(2)3)17-13(20(7)21-8)18-12(15)19-14(4,5)6/h10-11,16H,9H2,1-8H3,(H3,15,17,18,19). The fraction of sp³-hybridized carbons (Fsp3) is 0.857. The van der Waals surface area contributed by atoms with Gasteiger partial charge in [-0.25, -0.2) is 15.0 Å². The molecule has 0 saturated carbocycles. The van der Waals surface area contributed by atoms with Gasteiger partial charge in [0.2, 0.25) is 5.96 Å². The van der Waals surface area contributed by atoms with E-state index in [-0.39, 0.29) is 11.7 Å². The highest BCUT2D eigenvalue weighted by Gasteiger charge is 2.14. The quantitative estimate of drug-likeness (QED) is 0.404. The van der Waals surface area contributed by atoms with Gasteiger partial charge in [-0.2, -0.15) is 0 Å². The molecule has 0 saturated heterocycles. The molecule has 0 radical (unpaired) electrons. The third kappa shape index (κ3) is 9.25. The van der Waals surface area contributed by atoms with Crippen LogP contribution in [0, 0.1) is 0 Å². The maximum Gasteiger partial charge on any atom is 0.226 e. The van der Waals surface area contributed by atoms with Gasteiger partial charge in [-0.05, 0) is 41.0 Å². The Labute approximate surface area is 129 Å². The smallest absolute Gasteiger partial charge is 0.226 e. The largest absolute Gasteiger partial charge is 0.370 e. The van der Waals surface area contributed by atoms with Crippen molar-refractivity contribution in [3.8, 4) is 0 Å². The fourth-order valence-electron chi connectivity index (χ4n) is 1.56. The summed E-state index contributed by atoms with van der Waals surface area (Å²) in [6, 6.07) is 0.341. The van der Waals surface area contributed by atoms with Gasteiger partial charge in [0, 0.05) is 13.1 Å². The van der Waals surface area contributed by atoms with Gasteiger partial charge in [-0.15, -0.1) is 0 Å². The number of hydroxylamine groups is 2. The van der Waals surface area contributed by atoms with Crippen molar-refractivity contribution >= 4 is 11.9 Å². The Morgan fingerprint density at radius 1 is 1.33 bits per heavy atom. The van der Waals surface area contributed by atoms with Crippen molar-refractivity contribution < 1.29 is 4.84 Å². The summed E-state index contributed by atoms with van der Waals surface area (Å²) < 4.78 is 0. The van der Waals surface area contributed by atoms with Crippen LogP contribution < -0.4 is 16.4 Å². The molecule has 0 rings (SSSR count). The SMILES string of the molecule is CCC(N=C(NC(N)=NC(C)(C)C)N(C)OC)NC(C)C. The molecule has 0 amide bonds. The van der Waals surface area contributed by atoms with Gasteiger partial charge in [0.15, 0.2) is 5.96 Å². The lowest BCUT2D eigenvalue weighted by Crippen LogP contribution is -2.47. The number of nitrogens with two attached hydrogens (primary N) is 1. The second-order valence-electron chi connectivity index (χ2n) is 6.17. The topological polar surface area (TPSA) is 87.3 Å². The molecule has 0 fully saturated rings. The summed E-state index contributed by atoms with van der Waals surface area (Å²) in [4.78, 5) is 14.2. The lowest BCUT2D eigenvalue weighted by molar-refractivity contribution is -0.0447. The minimum Gasteiger partial charge on any atom is -0.370 e. The molecule has 4 N–H and O–H groups in total. The lowest BCUT2D eigenvalue weighted by atomic mass is 10.1. The first-order valence-corrected chi connectivity index (χ1v) is 7.33. The molecule has 1 atom stereocenters. The Kier molecular flexibility index (Phi) is 8.27. The highest BCUT2D eigenvalue weighted by molar-refractivity contribution is 5.97. The molecule has 7 nitrogen and oxygen atoms in total. The van der Waals surface area contributed by atoms with Gasteiger partial charge in [0.25, 0.3) is 0 Å². The van der Waals surface area contributed by atoms with E-state index in [2.05, 4.69) is 41.4 Å². The van der Waals surface area contributed by atoms with Gasteiger partial charge < -0.3 is 5.73 Å². The molecule has 0 aliphatic carbocycles. The van der Waals surface area contributed by atoms with Crippen molar-refractivity contribution in [3.05, 3.63) is 0 Å². The van der Waals surface area contributed by atoms with Crippen molar-refractivity contribution in [3.63, 3.8) is 0 Å². The van der Waals surface area contributed by atoms with E-state index in [1.54, 1.807) is 14.2 Å². The normalized spacial score (nSPS) is 15.3. The van der Waals surface area contributed by atoms with Gasteiger partial charge in [-0.3, -0.25) is 15.5 Å². The molecule has 1 unspecified atom stereocenters. The van der Waals surface area contributed by atoms with Crippen LogP contribution in [0.4, 0.5) is 0 Å². The van der Waals surface area contributed by atoms with E-state index < -0.39 is 0 Å². The highest BCUT2D eigenvalue weighted by Crippen LogP contribution is 2.05. The van der Waals surface area contributed by atoms with E-state index in [4.69, 9.17) is 10.6 Å². The zero-order valence-electron chi connectivity index (χ0n) is 14.7. The number of guanidine groups is 2. The number of hydrogen-bond acceptors (Lipinski definition) is 4. The predicted molar refractivity (Wildman–Crippen MR) is 89.1 cm³/mol. The van der Waals surface area contributed by atoms with Gasteiger partial charge in [0.05, 0.1) is 12.6 Å². The maximum atomic E-state index is 5.93. The number of rotatable bonds is 5. The minimum atomic E-state index is -0.256. The summed E-state index contributed by atoms with van der Waals surface area (Å²) in [5.74, 6) is 0.826. The van der Waals surface area contributed by atoms with Crippen LogP contribution in [0.5, 0.6) is 0 Å². The second kappa shape index (κ2) is 8.84. The summed E-state index contributed by atoms with van der Waals surface area (Å²) in [6.45, 7) is 12.2. The van der Waals surface area contributed by atoms with Gasteiger partial charge in [0.1, 0.15) is 6.17 Å². The summed E-state index contributed by atoms with van der Waals surface area (Å²) in [6.07, 6.45) is 0.838. The van der Waals surface area contributed by atoms with E-state index in [1.165, 1.54) is 5.06 Å². The third-order valence-corrected chi connectivity index (χ3v) is 2.46. The predicted octanol–water partition coefficient (Wildman–Crippen LogP) is 1.27. The van der Waals surface area contributed by atoms with Crippen molar-refractivity contribution in [2.45, 2.75) is 65.7 Å². The molecule has 0 spiro atoms. The third-order valence-electron chi connectivity index (χ3n) is 2.46. The summed E-state index contributed by atoms with van der Waals surface area (Å²) in [5.41, 5.74) is 5.67. The van der Waals surface area contributed by atoms with E-state index >= 15 is 0 Å². The van der Waals surface area contributed by atoms with Crippen molar-refractivity contribution in [2.75, 3.05) is 14.2 Å².